The van der Waals surface area contributed by atoms with Gasteiger partial charge in [-0.3, -0.25) is 0 Å². The summed E-state index contributed by atoms with van der Waals surface area (Å²) in [7, 11) is 0. The molecule has 1 aliphatic carbocycles. The summed E-state index contributed by atoms with van der Waals surface area (Å²) in [5.41, 5.74) is 0.993. The molecule has 3 rings (SSSR count). The van der Waals surface area contributed by atoms with Crippen LogP contribution in [0, 0.1) is 29.2 Å². The normalized spacial score (nSPS) is 17.0. The third-order valence-electron chi connectivity index (χ3n) is 4.90. The number of rotatable bonds is 4. The average molecular weight is 336 g/mol. The van der Waals surface area contributed by atoms with Crippen molar-refractivity contribution in [2.75, 3.05) is 0 Å². The van der Waals surface area contributed by atoms with Crippen LogP contribution in [-0.2, 0) is 12.8 Å². The minimum atomic E-state index is -1.11. The summed E-state index contributed by atoms with van der Waals surface area (Å²) in [6.45, 7) is 2.13. The van der Waals surface area contributed by atoms with Crippen LogP contribution in [0.3, 0.4) is 0 Å². The minimum Gasteiger partial charge on any atom is -0.206 e. The van der Waals surface area contributed by atoms with Crippen molar-refractivity contribution < 1.29 is 17.6 Å². The van der Waals surface area contributed by atoms with Crippen LogP contribution in [0.2, 0.25) is 0 Å². The Morgan fingerprint density at radius 3 is 2.50 bits per heavy atom. The van der Waals surface area contributed by atoms with E-state index in [2.05, 4.69) is 6.92 Å². The SMILES string of the molecule is CCCCC1CCc2c(cc(F)c(-c3ccc(F)c(F)c3)c2F)C1. The van der Waals surface area contributed by atoms with Crippen molar-refractivity contribution >= 4 is 0 Å². The Kier molecular flexibility index (Phi) is 4.93. The van der Waals surface area contributed by atoms with E-state index in [0.717, 1.165) is 37.8 Å². The maximum atomic E-state index is 14.9. The molecule has 0 saturated heterocycles. The Morgan fingerprint density at radius 1 is 1.00 bits per heavy atom. The Hall–Kier alpha value is -1.84. The Balaban J connectivity index is 1.98. The maximum Gasteiger partial charge on any atom is 0.159 e. The highest BCUT2D eigenvalue weighted by molar-refractivity contribution is 5.67. The third-order valence-corrected chi connectivity index (χ3v) is 4.90. The van der Waals surface area contributed by atoms with Gasteiger partial charge in [-0.2, -0.15) is 0 Å². The number of benzene rings is 2. The molecule has 0 heterocycles. The first-order valence-electron chi connectivity index (χ1n) is 8.46. The highest BCUT2D eigenvalue weighted by Gasteiger charge is 2.26. The van der Waals surface area contributed by atoms with E-state index in [1.54, 1.807) is 0 Å². The minimum absolute atomic E-state index is 0.0276. The molecular weight excluding hydrogens is 316 g/mol. The molecule has 2 aromatic rings. The van der Waals surface area contributed by atoms with E-state index in [9.17, 15) is 17.6 Å². The predicted octanol–water partition coefficient (Wildman–Crippen LogP) is 6.21. The molecule has 0 fully saturated rings. The lowest BCUT2D eigenvalue weighted by atomic mass is 9.80. The average Bonchev–Trinajstić information content (AvgIpc) is 2.56. The summed E-state index contributed by atoms with van der Waals surface area (Å²) in [5, 5.41) is 0. The van der Waals surface area contributed by atoms with Gasteiger partial charge >= 0.3 is 0 Å². The van der Waals surface area contributed by atoms with Crippen molar-refractivity contribution in [3.63, 3.8) is 0 Å². The van der Waals surface area contributed by atoms with Gasteiger partial charge in [-0.1, -0.05) is 32.3 Å². The van der Waals surface area contributed by atoms with Gasteiger partial charge in [0.05, 0.1) is 5.56 Å². The zero-order valence-electron chi connectivity index (χ0n) is 13.6. The van der Waals surface area contributed by atoms with Gasteiger partial charge < -0.3 is 0 Å². The Bertz CT molecular complexity index is 752. The van der Waals surface area contributed by atoms with Crippen LogP contribution in [0.4, 0.5) is 17.6 Å². The summed E-state index contributed by atoms with van der Waals surface area (Å²) < 4.78 is 55.8. The summed E-state index contributed by atoms with van der Waals surface area (Å²) in [6.07, 6.45) is 5.43. The monoisotopic (exact) mass is 336 g/mol. The Morgan fingerprint density at radius 2 is 1.79 bits per heavy atom. The predicted molar refractivity (Wildman–Crippen MR) is 86.8 cm³/mol. The van der Waals surface area contributed by atoms with E-state index in [1.807, 2.05) is 0 Å². The fourth-order valence-corrected chi connectivity index (χ4v) is 3.58. The third kappa shape index (κ3) is 3.19. The topological polar surface area (TPSA) is 0 Å². The van der Waals surface area contributed by atoms with Crippen molar-refractivity contribution in [3.8, 4) is 11.1 Å². The largest absolute Gasteiger partial charge is 0.206 e. The fraction of sp³-hybridized carbons (Fsp3) is 0.400. The molecule has 0 spiro atoms. The number of hydrogen-bond acceptors (Lipinski definition) is 0. The van der Waals surface area contributed by atoms with Crippen molar-refractivity contribution in [3.05, 3.63) is 58.7 Å². The first-order valence-corrected chi connectivity index (χ1v) is 8.46. The standard InChI is InChI=1S/C20H20F4/c1-2-3-4-12-5-7-15-14(9-12)11-18(23)19(20(15)24)13-6-8-16(21)17(22)10-13/h6,8,10-12H,2-5,7,9H2,1H3. The first-order chi connectivity index (χ1) is 11.5. The van der Waals surface area contributed by atoms with E-state index in [4.69, 9.17) is 0 Å². The highest BCUT2D eigenvalue weighted by Crippen LogP contribution is 2.36. The fourth-order valence-electron chi connectivity index (χ4n) is 3.58. The molecular formula is C20H20F4. The molecule has 0 saturated carbocycles. The van der Waals surface area contributed by atoms with Crippen LogP contribution >= 0.6 is 0 Å². The van der Waals surface area contributed by atoms with E-state index in [1.165, 1.54) is 12.1 Å². The van der Waals surface area contributed by atoms with E-state index in [-0.39, 0.29) is 11.1 Å². The van der Waals surface area contributed by atoms with Crippen molar-refractivity contribution in [2.24, 2.45) is 5.92 Å². The second-order valence-corrected chi connectivity index (χ2v) is 6.56. The lowest BCUT2D eigenvalue weighted by Crippen LogP contribution is -2.17. The van der Waals surface area contributed by atoms with Gasteiger partial charge in [0.1, 0.15) is 11.6 Å². The second-order valence-electron chi connectivity index (χ2n) is 6.56. The molecule has 128 valence electrons. The van der Waals surface area contributed by atoms with Crippen LogP contribution < -0.4 is 0 Å². The van der Waals surface area contributed by atoms with Crippen LogP contribution in [0.25, 0.3) is 11.1 Å². The van der Waals surface area contributed by atoms with Gasteiger partial charge in [0, 0.05) is 0 Å². The van der Waals surface area contributed by atoms with E-state index in [0.29, 0.717) is 29.9 Å². The quantitative estimate of drug-likeness (QED) is 0.583. The molecule has 0 radical (unpaired) electrons. The van der Waals surface area contributed by atoms with Gasteiger partial charge in [-0.05, 0) is 60.1 Å². The zero-order valence-corrected chi connectivity index (χ0v) is 13.6. The second kappa shape index (κ2) is 6.96. The molecule has 0 nitrogen and oxygen atoms in total. The molecule has 0 aliphatic heterocycles. The van der Waals surface area contributed by atoms with Crippen molar-refractivity contribution in [1.82, 2.24) is 0 Å². The Labute approximate surface area is 139 Å². The van der Waals surface area contributed by atoms with Crippen LogP contribution in [0.15, 0.2) is 24.3 Å². The van der Waals surface area contributed by atoms with Crippen LogP contribution in [0.5, 0.6) is 0 Å². The van der Waals surface area contributed by atoms with Crippen LogP contribution in [0.1, 0.15) is 43.7 Å². The molecule has 0 amide bonds. The molecule has 24 heavy (non-hydrogen) atoms. The number of unbranched alkanes of at least 4 members (excludes halogenated alkanes) is 1. The van der Waals surface area contributed by atoms with Gasteiger partial charge in [0.25, 0.3) is 0 Å². The molecule has 0 aromatic heterocycles. The van der Waals surface area contributed by atoms with Gasteiger partial charge in [0.15, 0.2) is 11.6 Å². The number of halogens is 4. The first kappa shape index (κ1) is 17.0. The van der Waals surface area contributed by atoms with E-state index >= 15 is 0 Å². The van der Waals surface area contributed by atoms with Gasteiger partial charge in [0.2, 0.25) is 0 Å². The molecule has 1 unspecified atom stereocenters. The van der Waals surface area contributed by atoms with Crippen LogP contribution in [-0.4, -0.2) is 0 Å². The van der Waals surface area contributed by atoms with Crippen molar-refractivity contribution in [2.45, 2.75) is 45.4 Å². The summed E-state index contributed by atoms with van der Waals surface area (Å²) in [4.78, 5) is 0. The lowest BCUT2D eigenvalue weighted by Gasteiger charge is -2.26. The maximum absolute atomic E-state index is 14.9. The zero-order chi connectivity index (χ0) is 17.3. The molecule has 0 N–H and O–H groups in total. The smallest absolute Gasteiger partial charge is 0.159 e. The molecule has 1 atom stereocenters. The summed E-state index contributed by atoms with van der Waals surface area (Å²) >= 11 is 0. The molecule has 4 heteroatoms. The summed E-state index contributed by atoms with van der Waals surface area (Å²) in [5.74, 6) is -3.02. The van der Waals surface area contributed by atoms with Gasteiger partial charge in [-0.25, -0.2) is 17.6 Å². The molecule has 1 aliphatic rings. The van der Waals surface area contributed by atoms with Gasteiger partial charge in [-0.15, -0.1) is 0 Å². The summed E-state index contributed by atoms with van der Waals surface area (Å²) in [6, 6.07) is 4.31. The molecule has 0 bridgehead atoms. The van der Waals surface area contributed by atoms with Crippen molar-refractivity contribution in [1.29, 1.82) is 0 Å². The number of fused-ring (bicyclic) bond motifs is 1. The highest BCUT2D eigenvalue weighted by atomic mass is 19.2. The van der Waals surface area contributed by atoms with E-state index < -0.39 is 23.3 Å². The molecule has 2 aromatic carbocycles. The lowest BCUT2D eigenvalue weighted by molar-refractivity contribution is 0.403. The number of hydrogen-bond donors (Lipinski definition) is 0.